The molecule has 3 rings (SSSR count). The van der Waals surface area contributed by atoms with Crippen molar-refractivity contribution in [1.82, 2.24) is 24.8 Å². The summed E-state index contributed by atoms with van der Waals surface area (Å²) >= 11 is 0. The molecule has 140 valence electrons. The Labute approximate surface area is 156 Å². The van der Waals surface area contributed by atoms with Gasteiger partial charge in [0.1, 0.15) is 12.1 Å². The van der Waals surface area contributed by atoms with Crippen molar-refractivity contribution in [3.63, 3.8) is 0 Å². The summed E-state index contributed by atoms with van der Waals surface area (Å²) in [6, 6.07) is 8.12. The third kappa shape index (κ3) is 4.60. The van der Waals surface area contributed by atoms with E-state index in [-0.39, 0.29) is 18.3 Å². The maximum atomic E-state index is 13.7. The largest absolute Gasteiger partial charge is 0.494 e. The molecule has 2 heterocycles. The fourth-order valence-electron chi connectivity index (χ4n) is 2.54. The van der Waals surface area contributed by atoms with E-state index in [1.54, 1.807) is 48.7 Å². The van der Waals surface area contributed by atoms with E-state index in [4.69, 9.17) is 4.74 Å². The molecule has 0 spiro atoms. The number of halogens is 1. The number of pyridine rings is 1. The average molecular weight is 369 g/mol. The molecule has 7 nitrogen and oxygen atoms in total. The van der Waals surface area contributed by atoms with Crippen molar-refractivity contribution in [2.75, 3.05) is 14.2 Å². The minimum absolute atomic E-state index is 0.178. The van der Waals surface area contributed by atoms with Crippen LogP contribution in [-0.4, -0.2) is 39.6 Å². The number of rotatable bonds is 6. The van der Waals surface area contributed by atoms with Gasteiger partial charge in [-0.1, -0.05) is 12.1 Å². The molecule has 0 bridgehead atoms. The van der Waals surface area contributed by atoms with Crippen LogP contribution in [0, 0.1) is 5.82 Å². The van der Waals surface area contributed by atoms with Crippen molar-refractivity contribution in [2.24, 2.45) is 0 Å². The Hall–Kier alpha value is -3.42. The third-order valence-electron chi connectivity index (χ3n) is 4.00. The van der Waals surface area contributed by atoms with Crippen molar-refractivity contribution in [3.05, 3.63) is 72.2 Å². The van der Waals surface area contributed by atoms with Gasteiger partial charge < -0.3 is 15.0 Å². The molecule has 8 heteroatoms. The van der Waals surface area contributed by atoms with E-state index in [0.717, 1.165) is 11.4 Å². The first-order chi connectivity index (χ1) is 13.1. The fraction of sp³-hybridized carbons (Fsp3) is 0.211. The molecule has 0 aliphatic carbocycles. The summed E-state index contributed by atoms with van der Waals surface area (Å²) in [5, 5.41) is 2.82. The summed E-state index contributed by atoms with van der Waals surface area (Å²) in [6.45, 7) is 0.627. The number of nitrogens with one attached hydrogen (secondary N) is 1. The van der Waals surface area contributed by atoms with Crippen LogP contribution in [-0.2, 0) is 13.1 Å². The van der Waals surface area contributed by atoms with Gasteiger partial charge in [-0.25, -0.2) is 19.2 Å². The van der Waals surface area contributed by atoms with Crippen LogP contribution in [0.4, 0.5) is 9.18 Å². The van der Waals surface area contributed by atoms with Gasteiger partial charge in [0.15, 0.2) is 11.6 Å². The SMILES string of the molecule is COc1ccc(CN(C)C(=O)NCc2ccc(-n3ccnc3)nc2)cc1F. The molecule has 0 aliphatic heterocycles. The second-order valence-electron chi connectivity index (χ2n) is 5.98. The summed E-state index contributed by atoms with van der Waals surface area (Å²) in [7, 11) is 3.06. The number of amides is 2. The number of carbonyl (C=O) groups is 1. The minimum atomic E-state index is -0.451. The lowest BCUT2D eigenvalue weighted by molar-refractivity contribution is 0.206. The molecule has 2 aromatic heterocycles. The first kappa shape index (κ1) is 18.4. The van der Waals surface area contributed by atoms with Crippen molar-refractivity contribution < 1.29 is 13.9 Å². The quantitative estimate of drug-likeness (QED) is 0.725. The first-order valence-electron chi connectivity index (χ1n) is 8.31. The molecule has 0 atom stereocenters. The number of nitrogens with zero attached hydrogens (tertiary/aromatic N) is 4. The van der Waals surface area contributed by atoms with E-state index in [9.17, 15) is 9.18 Å². The van der Waals surface area contributed by atoms with E-state index in [1.165, 1.54) is 18.1 Å². The van der Waals surface area contributed by atoms with Crippen molar-refractivity contribution in [3.8, 4) is 11.6 Å². The normalized spacial score (nSPS) is 10.5. The summed E-state index contributed by atoms with van der Waals surface area (Å²) < 4.78 is 20.4. The Bertz CT molecular complexity index is 897. The zero-order valence-electron chi connectivity index (χ0n) is 15.1. The predicted molar refractivity (Wildman–Crippen MR) is 98.0 cm³/mol. The topological polar surface area (TPSA) is 72.3 Å². The molecular weight excluding hydrogens is 349 g/mol. The van der Waals surface area contributed by atoms with Crippen LogP contribution in [0.15, 0.2) is 55.2 Å². The molecule has 0 saturated heterocycles. The van der Waals surface area contributed by atoms with Gasteiger partial charge >= 0.3 is 6.03 Å². The molecule has 3 aromatic rings. The molecular formula is C19H20FN5O2. The molecule has 2 amide bonds. The number of urea groups is 1. The average Bonchev–Trinajstić information content (AvgIpc) is 3.21. The van der Waals surface area contributed by atoms with Crippen LogP contribution in [0.1, 0.15) is 11.1 Å². The smallest absolute Gasteiger partial charge is 0.317 e. The minimum Gasteiger partial charge on any atom is -0.494 e. The Morgan fingerprint density at radius 2 is 2.11 bits per heavy atom. The van der Waals surface area contributed by atoms with E-state index >= 15 is 0 Å². The van der Waals surface area contributed by atoms with Gasteiger partial charge in [-0.3, -0.25) is 4.57 Å². The fourth-order valence-corrected chi connectivity index (χ4v) is 2.54. The Morgan fingerprint density at radius 3 is 2.74 bits per heavy atom. The highest BCUT2D eigenvalue weighted by Crippen LogP contribution is 2.18. The highest BCUT2D eigenvalue weighted by Gasteiger charge is 2.11. The second-order valence-corrected chi connectivity index (χ2v) is 5.98. The van der Waals surface area contributed by atoms with E-state index in [0.29, 0.717) is 12.1 Å². The van der Waals surface area contributed by atoms with Crippen molar-refractivity contribution in [2.45, 2.75) is 13.1 Å². The molecule has 0 fully saturated rings. The number of hydrogen-bond acceptors (Lipinski definition) is 4. The van der Waals surface area contributed by atoms with Gasteiger partial charge in [0.25, 0.3) is 0 Å². The van der Waals surface area contributed by atoms with Gasteiger partial charge in [0.05, 0.1) is 7.11 Å². The van der Waals surface area contributed by atoms with Gasteiger partial charge in [-0.15, -0.1) is 0 Å². The number of benzene rings is 1. The van der Waals surface area contributed by atoms with E-state index in [1.807, 2.05) is 12.1 Å². The van der Waals surface area contributed by atoms with Gasteiger partial charge in [-0.2, -0.15) is 0 Å². The number of imidazole rings is 1. The lowest BCUT2D eigenvalue weighted by Crippen LogP contribution is -2.36. The van der Waals surface area contributed by atoms with Gasteiger partial charge in [0.2, 0.25) is 0 Å². The molecule has 0 unspecified atom stereocenters. The van der Waals surface area contributed by atoms with Gasteiger partial charge in [-0.05, 0) is 29.3 Å². The number of ether oxygens (including phenoxy) is 1. The Balaban J connectivity index is 1.53. The molecule has 0 saturated carbocycles. The lowest BCUT2D eigenvalue weighted by atomic mass is 10.2. The highest BCUT2D eigenvalue weighted by atomic mass is 19.1. The summed E-state index contributed by atoms with van der Waals surface area (Å²) in [5.41, 5.74) is 1.55. The lowest BCUT2D eigenvalue weighted by Gasteiger charge is -2.18. The first-order valence-corrected chi connectivity index (χ1v) is 8.31. The zero-order chi connectivity index (χ0) is 19.2. The van der Waals surface area contributed by atoms with Crippen LogP contribution in [0.5, 0.6) is 5.75 Å². The maximum absolute atomic E-state index is 13.7. The van der Waals surface area contributed by atoms with Crippen LogP contribution >= 0.6 is 0 Å². The van der Waals surface area contributed by atoms with E-state index in [2.05, 4.69) is 15.3 Å². The number of hydrogen-bond donors (Lipinski definition) is 1. The molecule has 1 aromatic carbocycles. The predicted octanol–water partition coefficient (Wildman–Crippen LogP) is 2.76. The summed E-state index contributed by atoms with van der Waals surface area (Å²) in [5.74, 6) is 0.478. The van der Waals surface area contributed by atoms with Gasteiger partial charge in [0, 0.05) is 38.7 Å². The zero-order valence-corrected chi connectivity index (χ0v) is 15.1. The van der Waals surface area contributed by atoms with Crippen LogP contribution in [0.2, 0.25) is 0 Å². The number of aromatic nitrogens is 3. The number of methoxy groups -OCH3 is 1. The van der Waals surface area contributed by atoms with E-state index < -0.39 is 5.82 Å². The summed E-state index contributed by atoms with van der Waals surface area (Å²) in [6.07, 6.45) is 6.86. The van der Waals surface area contributed by atoms with Crippen molar-refractivity contribution >= 4 is 6.03 Å². The number of carbonyl (C=O) groups excluding carboxylic acids is 1. The monoisotopic (exact) mass is 369 g/mol. The molecule has 0 aliphatic rings. The maximum Gasteiger partial charge on any atom is 0.317 e. The van der Waals surface area contributed by atoms with Crippen molar-refractivity contribution in [1.29, 1.82) is 0 Å². The molecule has 0 radical (unpaired) electrons. The third-order valence-corrected chi connectivity index (χ3v) is 4.00. The second kappa shape index (κ2) is 8.31. The standard InChI is InChI=1S/C19H20FN5O2/c1-24(12-14-3-5-17(27-2)16(20)9-14)19(26)23-11-15-4-6-18(22-10-15)25-8-7-21-13-25/h3-10,13H,11-12H2,1-2H3,(H,23,26). The summed E-state index contributed by atoms with van der Waals surface area (Å²) in [4.78, 5) is 22.0. The molecule has 1 N–H and O–H groups in total. The molecule has 27 heavy (non-hydrogen) atoms. The van der Waals surface area contributed by atoms with Crippen LogP contribution in [0.3, 0.4) is 0 Å². The Morgan fingerprint density at radius 1 is 1.30 bits per heavy atom. The Kier molecular flexibility index (Phi) is 5.65. The highest BCUT2D eigenvalue weighted by molar-refractivity contribution is 5.73. The van der Waals surface area contributed by atoms with Crippen LogP contribution < -0.4 is 10.1 Å². The van der Waals surface area contributed by atoms with Crippen LogP contribution in [0.25, 0.3) is 5.82 Å².